The van der Waals surface area contributed by atoms with Gasteiger partial charge >= 0.3 is 0 Å². The second kappa shape index (κ2) is 5.35. The minimum Gasteiger partial charge on any atom is -0.366 e. The number of carbonyl (C=O) groups excluding carboxylic acids is 1. The topological polar surface area (TPSA) is 43.1 Å². The summed E-state index contributed by atoms with van der Waals surface area (Å²) >= 11 is 3.00. The molecular formula is C11H8BrF3NO. The maximum Gasteiger partial charge on any atom is 0.253 e. The summed E-state index contributed by atoms with van der Waals surface area (Å²) < 4.78 is 39.3. The second-order valence-corrected chi connectivity index (χ2v) is 4.05. The third-order valence-electron chi connectivity index (χ3n) is 2.07. The van der Waals surface area contributed by atoms with E-state index >= 15 is 0 Å². The van der Waals surface area contributed by atoms with Gasteiger partial charge in [0.1, 0.15) is 5.82 Å². The highest BCUT2D eigenvalue weighted by molar-refractivity contribution is 9.10. The van der Waals surface area contributed by atoms with Crippen molar-refractivity contribution in [3.8, 4) is 0 Å². The number of carbonyl (C=O) groups is 1. The van der Waals surface area contributed by atoms with Gasteiger partial charge in [0, 0.05) is 10.0 Å². The van der Waals surface area contributed by atoms with Crippen LogP contribution >= 0.6 is 15.9 Å². The number of rotatable bonds is 4. The standard InChI is InChI=1S/C11H8BrF3NO/c1-2-6(10(14)15)7-3-5(12)4-8(9(7)13)11(16)17/h2-4,10H,1H2,(H2,16,17). The summed E-state index contributed by atoms with van der Waals surface area (Å²) in [6.07, 6.45) is -2.04. The number of hydrogen-bond acceptors (Lipinski definition) is 1. The van der Waals surface area contributed by atoms with E-state index in [2.05, 4.69) is 22.5 Å². The number of primary amides is 1. The minimum atomic E-state index is -2.89. The van der Waals surface area contributed by atoms with Crippen LogP contribution in [0.25, 0.3) is 0 Å². The van der Waals surface area contributed by atoms with Gasteiger partial charge in [-0.05, 0) is 12.1 Å². The summed E-state index contributed by atoms with van der Waals surface area (Å²) in [5.74, 6) is -2.69. The monoisotopic (exact) mass is 306 g/mol. The summed E-state index contributed by atoms with van der Waals surface area (Å²) in [7, 11) is 0. The van der Waals surface area contributed by atoms with Crippen LogP contribution in [0.5, 0.6) is 0 Å². The molecule has 2 nitrogen and oxygen atoms in total. The Labute approximate surface area is 104 Å². The zero-order chi connectivity index (χ0) is 13.2. The van der Waals surface area contributed by atoms with Crippen LogP contribution in [-0.4, -0.2) is 12.3 Å². The second-order valence-electron chi connectivity index (χ2n) is 3.14. The van der Waals surface area contributed by atoms with Crippen LogP contribution in [0.1, 0.15) is 15.9 Å². The van der Waals surface area contributed by atoms with Crippen LogP contribution in [0.4, 0.5) is 13.2 Å². The molecule has 0 heterocycles. The van der Waals surface area contributed by atoms with Gasteiger partial charge < -0.3 is 5.73 Å². The lowest BCUT2D eigenvalue weighted by molar-refractivity contribution is 0.0995. The highest BCUT2D eigenvalue weighted by Gasteiger charge is 2.26. The van der Waals surface area contributed by atoms with Crippen molar-refractivity contribution in [1.82, 2.24) is 0 Å². The van der Waals surface area contributed by atoms with Crippen molar-refractivity contribution in [2.45, 2.75) is 6.43 Å². The fourth-order valence-electron chi connectivity index (χ4n) is 1.30. The zero-order valence-electron chi connectivity index (χ0n) is 8.51. The van der Waals surface area contributed by atoms with Gasteiger partial charge in [0.15, 0.2) is 0 Å². The molecule has 17 heavy (non-hydrogen) atoms. The number of hydrogen-bond donors (Lipinski definition) is 1. The number of benzene rings is 1. The van der Waals surface area contributed by atoms with Crippen molar-refractivity contribution in [3.63, 3.8) is 0 Å². The summed E-state index contributed by atoms with van der Waals surface area (Å²) in [4.78, 5) is 10.9. The third-order valence-corrected chi connectivity index (χ3v) is 2.53. The molecule has 0 bridgehead atoms. The molecule has 0 aliphatic rings. The lowest BCUT2D eigenvalue weighted by atomic mass is 9.96. The van der Waals surface area contributed by atoms with Crippen molar-refractivity contribution in [1.29, 1.82) is 0 Å². The molecule has 0 spiro atoms. The molecule has 0 atom stereocenters. The first-order valence-electron chi connectivity index (χ1n) is 4.45. The lowest BCUT2D eigenvalue weighted by Crippen LogP contribution is -2.17. The van der Waals surface area contributed by atoms with Gasteiger partial charge in [0.2, 0.25) is 0 Å². The molecule has 1 aromatic rings. The van der Waals surface area contributed by atoms with Crippen molar-refractivity contribution >= 4 is 21.8 Å². The lowest BCUT2D eigenvalue weighted by Gasteiger charge is -2.14. The van der Waals surface area contributed by atoms with Crippen LogP contribution in [0.15, 0.2) is 29.3 Å². The molecular weight excluding hydrogens is 299 g/mol. The Morgan fingerprint density at radius 2 is 1.94 bits per heavy atom. The molecule has 0 fully saturated rings. The summed E-state index contributed by atoms with van der Waals surface area (Å²) in [6, 6.07) is 2.28. The minimum absolute atomic E-state index is 0.280. The molecule has 0 aliphatic heterocycles. The Morgan fingerprint density at radius 3 is 2.35 bits per heavy atom. The van der Waals surface area contributed by atoms with E-state index in [4.69, 9.17) is 5.73 Å². The van der Waals surface area contributed by atoms with Crippen LogP contribution in [-0.2, 0) is 0 Å². The van der Waals surface area contributed by atoms with Gasteiger partial charge in [-0.1, -0.05) is 22.0 Å². The third kappa shape index (κ3) is 2.88. The van der Waals surface area contributed by atoms with Crippen LogP contribution < -0.4 is 5.73 Å². The number of allylic oxidation sites excluding steroid dienone is 1. The van der Waals surface area contributed by atoms with E-state index in [1.165, 1.54) is 0 Å². The van der Waals surface area contributed by atoms with E-state index in [0.29, 0.717) is 0 Å². The molecule has 6 heteroatoms. The Balaban J connectivity index is 3.42. The summed E-state index contributed by atoms with van der Waals surface area (Å²) in [6.45, 7) is 3.19. The van der Waals surface area contributed by atoms with Gasteiger partial charge in [-0.15, -0.1) is 6.58 Å². The number of halogens is 4. The molecule has 0 saturated heterocycles. The molecule has 1 rings (SSSR count). The van der Waals surface area contributed by atoms with Crippen LogP contribution in [0.3, 0.4) is 0 Å². The highest BCUT2D eigenvalue weighted by Crippen LogP contribution is 2.30. The quantitative estimate of drug-likeness (QED) is 0.913. The van der Waals surface area contributed by atoms with Gasteiger partial charge in [0.05, 0.1) is 11.5 Å². The SMILES string of the molecule is C=C[C](c1cc(Br)cc(C(N)=O)c1F)C(F)F. The molecule has 1 aromatic carbocycles. The average Bonchev–Trinajstić information content (AvgIpc) is 2.22. The number of alkyl halides is 2. The van der Waals surface area contributed by atoms with Gasteiger partial charge in [-0.3, -0.25) is 4.79 Å². The van der Waals surface area contributed by atoms with E-state index in [0.717, 1.165) is 18.2 Å². The molecule has 2 N–H and O–H groups in total. The zero-order valence-corrected chi connectivity index (χ0v) is 10.1. The maximum absolute atomic E-state index is 13.8. The van der Waals surface area contributed by atoms with Crippen LogP contribution in [0.2, 0.25) is 0 Å². The van der Waals surface area contributed by atoms with E-state index in [1.54, 1.807) is 0 Å². The average molecular weight is 307 g/mol. The number of nitrogens with two attached hydrogens (primary N) is 1. The van der Waals surface area contributed by atoms with Crippen molar-refractivity contribution in [2.24, 2.45) is 5.73 Å². The summed E-state index contributed by atoms with van der Waals surface area (Å²) in [5, 5.41) is 0. The van der Waals surface area contributed by atoms with E-state index in [-0.39, 0.29) is 4.47 Å². The first-order chi connectivity index (χ1) is 7.88. The molecule has 1 radical (unpaired) electrons. The first kappa shape index (κ1) is 13.8. The first-order valence-corrected chi connectivity index (χ1v) is 5.24. The highest BCUT2D eigenvalue weighted by atomic mass is 79.9. The van der Waals surface area contributed by atoms with Crippen molar-refractivity contribution < 1.29 is 18.0 Å². The van der Waals surface area contributed by atoms with Gasteiger partial charge in [-0.2, -0.15) is 0 Å². The van der Waals surface area contributed by atoms with Crippen molar-refractivity contribution in [3.05, 3.63) is 52.1 Å². The van der Waals surface area contributed by atoms with E-state index < -0.39 is 35.2 Å². The molecule has 0 aromatic heterocycles. The predicted molar refractivity (Wildman–Crippen MR) is 61.2 cm³/mol. The summed E-state index contributed by atoms with van der Waals surface area (Å²) in [5.41, 5.74) is 4.11. The van der Waals surface area contributed by atoms with Gasteiger partial charge in [0.25, 0.3) is 12.3 Å². The molecule has 0 unspecified atom stereocenters. The van der Waals surface area contributed by atoms with E-state index in [1.807, 2.05) is 0 Å². The molecule has 0 saturated carbocycles. The Kier molecular flexibility index (Phi) is 4.34. The largest absolute Gasteiger partial charge is 0.366 e. The van der Waals surface area contributed by atoms with E-state index in [9.17, 15) is 18.0 Å². The predicted octanol–water partition coefficient (Wildman–Crippen LogP) is 3.06. The maximum atomic E-state index is 13.8. The smallest absolute Gasteiger partial charge is 0.253 e. The Morgan fingerprint density at radius 1 is 1.41 bits per heavy atom. The molecule has 1 amide bonds. The van der Waals surface area contributed by atoms with Crippen molar-refractivity contribution in [2.75, 3.05) is 0 Å². The molecule has 0 aliphatic carbocycles. The fourth-order valence-corrected chi connectivity index (χ4v) is 1.75. The van der Waals surface area contributed by atoms with Crippen LogP contribution in [0, 0.1) is 11.7 Å². The Hall–Kier alpha value is -1.30. The van der Waals surface area contributed by atoms with Gasteiger partial charge in [-0.25, -0.2) is 13.2 Å². The number of amides is 1. The normalized spacial score (nSPS) is 10.9. The molecule has 91 valence electrons. The Bertz CT molecular complexity index is 462. The fraction of sp³-hybridized carbons (Fsp3) is 0.0909.